The molecule has 0 atom stereocenters. The van der Waals surface area contributed by atoms with Crippen LogP contribution in [0, 0.1) is 11.6 Å². The highest BCUT2D eigenvalue weighted by Gasteiger charge is 2.39. The van der Waals surface area contributed by atoms with E-state index < -0.39 is 26.6 Å². The van der Waals surface area contributed by atoms with Crippen molar-refractivity contribution in [3.05, 3.63) is 29.3 Å². The Morgan fingerprint density at radius 3 is 2.57 bits per heavy atom. The van der Waals surface area contributed by atoms with Crippen molar-refractivity contribution < 1.29 is 21.9 Å². The molecule has 0 saturated heterocycles. The van der Waals surface area contributed by atoms with E-state index in [0.717, 1.165) is 12.1 Å². The minimum atomic E-state index is -4.11. The minimum absolute atomic E-state index is 0.0682. The first kappa shape index (κ1) is 16.3. The smallest absolute Gasteiger partial charge is 0.246 e. The Morgan fingerprint density at radius 2 is 2.05 bits per heavy atom. The van der Waals surface area contributed by atoms with Crippen molar-refractivity contribution in [2.75, 3.05) is 20.3 Å². The molecule has 0 aliphatic heterocycles. The Kier molecular flexibility index (Phi) is 4.92. The molecule has 2 rings (SSSR count). The van der Waals surface area contributed by atoms with Crippen LogP contribution in [-0.4, -0.2) is 39.0 Å². The van der Waals surface area contributed by atoms with Crippen LogP contribution in [0.5, 0.6) is 0 Å². The van der Waals surface area contributed by atoms with Crippen molar-refractivity contribution >= 4 is 10.0 Å². The van der Waals surface area contributed by atoms with Crippen LogP contribution in [0.25, 0.3) is 0 Å². The van der Waals surface area contributed by atoms with Gasteiger partial charge in [-0.25, -0.2) is 17.2 Å². The maximum Gasteiger partial charge on any atom is 0.246 e. The van der Waals surface area contributed by atoms with Gasteiger partial charge < -0.3 is 10.5 Å². The highest BCUT2D eigenvalue weighted by molar-refractivity contribution is 7.89. The molecule has 0 spiro atoms. The Hall–Kier alpha value is -1.09. The second-order valence-corrected chi connectivity index (χ2v) is 6.79. The van der Waals surface area contributed by atoms with Crippen LogP contribution in [-0.2, 0) is 21.3 Å². The van der Waals surface area contributed by atoms with Crippen molar-refractivity contribution in [1.29, 1.82) is 0 Å². The van der Waals surface area contributed by atoms with Gasteiger partial charge in [0.25, 0.3) is 0 Å². The van der Waals surface area contributed by atoms with E-state index in [2.05, 4.69) is 0 Å². The van der Waals surface area contributed by atoms with Crippen LogP contribution in [0.1, 0.15) is 18.4 Å². The zero-order valence-electron chi connectivity index (χ0n) is 11.7. The zero-order chi connectivity index (χ0) is 15.6. The van der Waals surface area contributed by atoms with Gasteiger partial charge in [0.05, 0.1) is 6.61 Å². The Labute approximate surface area is 122 Å². The predicted molar refractivity (Wildman–Crippen MR) is 73.0 cm³/mol. The number of hydrogen-bond acceptors (Lipinski definition) is 4. The molecule has 0 amide bonds. The first-order valence-corrected chi connectivity index (χ1v) is 8.04. The molecular formula is C13H18F2N2O3S. The van der Waals surface area contributed by atoms with Crippen molar-refractivity contribution in [3.63, 3.8) is 0 Å². The predicted octanol–water partition coefficient (Wildman–Crippen LogP) is 1.22. The first-order valence-electron chi connectivity index (χ1n) is 6.60. The summed E-state index contributed by atoms with van der Waals surface area (Å²) in [5.74, 6) is -2.57. The van der Waals surface area contributed by atoms with Crippen LogP contribution in [0.3, 0.4) is 0 Å². The lowest BCUT2D eigenvalue weighted by atomic mass is 10.2. The summed E-state index contributed by atoms with van der Waals surface area (Å²) in [5, 5.41) is 0. The van der Waals surface area contributed by atoms with Gasteiger partial charge in [-0.3, -0.25) is 0 Å². The normalized spacial score (nSPS) is 15.7. The second-order valence-electron chi connectivity index (χ2n) is 4.93. The molecule has 0 radical (unpaired) electrons. The van der Waals surface area contributed by atoms with Crippen LogP contribution in [0.2, 0.25) is 0 Å². The van der Waals surface area contributed by atoms with E-state index in [9.17, 15) is 17.2 Å². The summed E-state index contributed by atoms with van der Waals surface area (Å²) in [6.07, 6.45) is 1.42. The van der Waals surface area contributed by atoms with E-state index in [4.69, 9.17) is 10.5 Å². The molecule has 21 heavy (non-hydrogen) atoms. The minimum Gasteiger partial charge on any atom is -0.383 e. The van der Waals surface area contributed by atoms with E-state index in [1.165, 1.54) is 11.4 Å². The summed E-state index contributed by atoms with van der Waals surface area (Å²) in [4.78, 5) is -0.661. The fraction of sp³-hybridized carbons (Fsp3) is 0.538. The van der Waals surface area contributed by atoms with Crippen LogP contribution < -0.4 is 5.73 Å². The third-order valence-electron chi connectivity index (χ3n) is 3.35. The van der Waals surface area contributed by atoms with Crippen LogP contribution in [0.15, 0.2) is 17.0 Å². The summed E-state index contributed by atoms with van der Waals surface area (Å²) in [6, 6.07) is 1.83. The van der Waals surface area contributed by atoms with Gasteiger partial charge in [-0.2, -0.15) is 4.31 Å². The lowest BCUT2D eigenvalue weighted by Crippen LogP contribution is -2.36. The van der Waals surface area contributed by atoms with Gasteiger partial charge in [0.1, 0.15) is 4.90 Å². The van der Waals surface area contributed by atoms with Crippen molar-refractivity contribution in [2.45, 2.75) is 30.3 Å². The lowest BCUT2D eigenvalue weighted by Gasteiger charge is -2.22. The number of methoxy groups -OCH3 is 1. The van der Waals surface area contributed by atoms with E-state index in [1.807, 2.05) is 0 Å². The number of nitrogens with two attached hydrogens (primary N) is 1. The third kappa shape index (κ3) is 3.39. The molecule has 0 bridgehead atoms. The van der Waals surface area contributed by atoms with Gasteiger partial charge in [0.2, 0.25) is 10.0 Å². The van der Waals surface area contributed by atoms with Crippen LogP contribution in [0.4, 0.5) is 8.78 Å². The maximum absolute atomic E-state index is 13.9. The molecular weight excluding hydrogens is 302 g/mol. The fourth-order valence-corrected chi connectivity index (χ4v) is 3.89. The van der Waals surface area contributed by atoms with Crippen molar-refractivity contribution in [1.82, 2.24) is 4.31 Å². The topological polar surface area (TPSA) is 72.6 Å². The molecule has 1 aliphatic rings. The molecule has 2 N–H and O–H groups in total. The highest BCUT2D eigenvalue weighted by atomic mass is 32.2. The molecule has 0 unspecified atom stereocenters. The fourth-order valence-electron chi connectivity index (χ4n) is 2.09. The van der Waals surface area contributed by atoms with E-state index in [0.29, 0.717) is 12.8 Å². The molecule has 118 valence electrons. The monoisotopic (exact) mass is 320 g/mol. The summed E-state index contributed by atoms with van der Waals surface area (Å²) in [6.45, 7) is 0.231. The number of ether oxygens (including phenoxy) is 1. The third-order valence-corrected chi connectivity index (χ3v) is 5.30. The number of rotatable bonds is 7. The molecule has 1 aliphatic carbocycles. The SMILES string of the molecule is COCCN(C1CC1)S(=O)(=O)c1cc(CN)cc(F)c1F. The van der Waals surface area contributed by atoms with Crippen molar-refractivity contribution in [2.24, 2.45) is 5.73 Å². The number of hydrogen-bond donors (Lipinski definition) is 1. The molecule has 1 aromatic rings. The zero-order valence-corrected chi connectivity index (χ0v) is 12.5. The summed E-state index contributed by atoms with van der Waals surface area (Å²) >= 11 is 0. The molecule has 1 fully saturated rings. The second kappa shape index (κ2) is 6.35. The quantitative estimate of drug-likeness (QED) is 0.820. The molecule has 8 heteroatoms. The van der Waals surface area contributed by atoms with Crippen LogP contribution >= 0.6 is 0 Å². The first-order chi connectivity index (χ1) is 9.91. The lowest BCUT2D eigenvalue weighted by molar-refractivity contribution is 0.177. The van der Waals surface area contributed by atoms with Gasteiger partial charge in [-0.15, -0.1) is 0 Å². The van der Waals surface area contributed by atoms with Crippen molar-refractivity contribution in [3.8, 4) is 0 Å². The van der Waals surface area contributed by atoms with Gasteiger partial charge in [-0.1, -0.05) is 0 Å². The average molecular weight is 320 g/mol. The molecule has 0 aromatic heterocycles. The average Bonchev–Trinajstić information content (AvgIpc) is 3.26. The molecule has 0 heterocycles. The van der Waals surface area contributed by atoms with Gasteiger partial charge >= 0.3 is 0 Å². The Bertz CT molecular complexity index is 618. The molecule has 1 saturated carbocycles. The van der Waals surface area contributed by atoms with Gasteiger partial charge in [-0.05, 0) is 30.5 Å². The number of sulfonamides is 1. The molecule has 1 aromatic carbocycles. The summed E-state index contributed by atoms with van der Waals surface area (Å²) in [5.41, 5.74) is 5.62. The summed E-state index contributed by atoms with van der Waals surface area (Å²) < 4.78 is 58.7. The van der Waals surface area contributed by atoms with E-state index in [-0.39, 0.29) is 31.3 Å². The Morgan fingerprint density at radius 1 is 1.38 bits per heavy atom. The standard InChI is InChI=1S/C13H18F2N2O3S/c1-20-5-4-17(10-2-3-10)21(18,19)12-7-9(8-16)6-11(14)13(12)15/h6-7,10H,2-5,8,16H2,1H3. The van der Waals surface area contributed by atoms with Gasteiger partial charge in [0, 0.05) is 26.2 Å². The van der Waals surface area contributed by atoms with E-state index >= 15 is 0 Å². The maximum atomic E-state index is 13.9. The Balaban J connectivity index is 2.44. The number of benzene rings is 1. The molecule has 5 nitrogen and oxygen atoms in total. The van der Waals surface area contributed by atoms with E-state index in [1.54, 1.807) is 0 Å². The summed E-state index contributed by atoms with van der Waals surface area (Å²) in [7, 11) is -2.66. The number of nitrogens with zero attached hydrogens (tertiary/aromatic N) is 1. The number of halogens is 2. The highest BCUT2D eigenvalue weighted by Crippen LogP contribution is 2.33. The van der Waals surface area contributed by atoms with Gasteiger partial charge in [0.15, 0.2) is 11.6 Å². The largest absolute Gasteiger partial charge is 0.383 e.